The summed E-state index contributed by atoms with van der Waals surface area (Å²) in [5.74, 6) is 0.638. The van der Waals surface area contributed by atoms with Crippen LogP contribution in [0, 0.1) is 17.1 Å². The zero-order chi connectivity index (χ0) is 35.6. The van der Waals surface area contributed by atoms with Gasteiger partial charge in [0.1, 0.15) is 23.8 Å². The van der Waals surface area contributed by atoms with Gasteiger partial charge in [0.15, 0.2) is 0 Å². The Hall–Kier alpha value is -5.02. The van der Waals surface area contributed by atoms with Crippen LogP contribution in [0.2, 0.25) is 0 Å². The number of benzene rings is 2. The van der Waals surface area contributed by atoms with Crippen molar-refractivity contribution in [3.05, 3.63) is 88.6 Å². The largest absolute Gasteiger partial charge is 0.473 e. The maximum Gasteiger partial charge on any atom is 0.410 e. The van der Waals surface area contributed by atoms with E-state index in [9.17, 15) is 14.0 Å². The molecule has 1 saturated heterocycles. The molecule has 12 heteroatoms. The highest BCUT2D eigenvalue weighted by atomic mass is 19.1. The quantitative estimate of drug-likeness (QED) is 0.171. The normalized spacial score (nSPS) is 16.1. The highest BCUT2D eigenvalue weighted by Gasteiger charge is 2.50. The van der Waals surface area contributed by atoms with Gasteiger partial charge in [0.2, 0.25) is 5.88 Å². The van der Waals surface area contributed by atoms with Crippen LogP contribution in [0.4, 0.5) is 9.18 Å². The van der Waals surface area contributed by atoms with Crippen LogP contribution in [0.25, 0.3) is 11.0 Å². The third-order valence-corrected chi connectivity index (χ3v) is 9.58. The van der Waals surface area contributed by atoms with Crippen LogP contribution in [-0.4, -0.2) is 74.8 Å². The molecule has 1 saturated carbocycles. The number of amides is 1. The summed E-state index contributed by atoms with van der Waals surface area (Å²) in [5, 5.41) is 8.99. The van der Waals surface area contributed by atoms with Crippen molar-refractivity contribution in [1.29, 1.82) is 5.26 Å². The summed E-state index contributed by atoms with van der Waals surface area (Å²) in [6, 6.07) is 17.4. The highest BCUT2D eigenvalue weighted by Crippen LogP contribution is 2.44. The molecule has 0 unspecified atom stereocenters. The van der Waals surface area contributed by atoms with Crippen LogP contribution < -0.4 is 4.74 Å². The zero-order valence-electron chi connectivity index (χ0n) is 29.2. The summed E-state index contributed by atoms with van der Waals surface area (Å²) in [6.07, 6.45) is 3.09. The monoisotopic (exact) mass is 682 g/mol. The SMILES string of the molecule is COC(=O)c1ccc2nc(CN3CCC(c4cccc(OCc5ccc(C#N)cc5F)n4)CC3)n(CC3(N(C)C(=O)OC(C)(C)C)CC3)c2c1. The number of hydrogen-bond donors (Lipinski definition) is 0. The standard InChI is InChI=1S/C38H43FN6O5/c1-37(2,3)50-36(47)43(4)38(15-16-38)24-45-32-20-27(35(46)48-5)11-12-31(32)41-33(45)22-44-17-13-26(14-18-44)30-7-6-8-34(42-30)49-23-28-10-9-25(21-40)19-29(28)39/h6-12,19-20,26H,13-18,22-24H2,1-5H3. The molecule has 0 atom stereocenters. The van der Waals surface area contributed by atoms with E-state index in [4.69, 9.17) is 29.4 Å². The molecule has 0 bridgehead atoms. The Labute approximate surface area is 291 Å². The van der Waals surface area contributed by atoms with E-state index >= 15 is 0 Å². The molecule has 2 aliphatic rings. The number of carbonyl (C=O) groups excluding carboxylic acids is 2. The van der Waals surface area contributed by atoms with E-state index < -0.39 is 22.9 Å². The molecule has 11 nitrogen and oxygen atoms in total. The molecule has 1 aliphatic heterocycles. The summed E-state index contributed by atoms with van der Waals surface area (Å²) in [7, 11) is 3.16. The Kier molecular flexibility index (Phi) is 9.80. The molecule has 1 aliphatic carbocycles. The van der Waals surface area contributed by atoms with Gasteiger partial charge in [-0.05, 0) is 95.9 Å². The average Bonchev–Trinajstić information content (AvgIpc) is 3.82. The summed E-state index contributed by atoms with van der Waals surface area (Å²) in [6.45, 7) is 8.38. The van der Waals surface area contributed by atoms with E-state index in [0.717, 1.165) is 61.3 Å². The maximum absolute atomic E-state index is 14.4. The van der Waals surface area contributed by atoms with Crippen LogP contribution in [0.3, 0.4) is 0 Å². The first-order valence-corrected chi connectivity index (χ1v) is 16.9. The molecule has 1 amide bonds. The number of rotatable bonds is 10. The number of methoxy groups -OCH3 is 1. The fourth-order valence-electron chi connectivity index (χ4n) is 6.49. The minimum atomic E-state index is -0.606. The van der Waals surface area contributed by atoms with Crippen molar-refractivity contribution >= 4 is 23.1 Å². The predicted octanol–water partition coefficient (Wildman–Crippen LogP) is 6.59. The Balaban J connectivity index is 1.15. The molecular formula is C38H43FN6O5. The Morgan fingerprint density at radius 3 is 2.50 bits per heavy atom. The number of aromatic nitrogens is 3. The topological polar surface area (TPSA) is 123 Å². The van der Waals surface area contributed by atoms with Gasteiger partial charge in [0, 0.05) is 36.8 Å². The number of nitriles is 1. The smallest absolute Gasteiger partial charge is 0.410 e. The van der Waals surface area contributed by atoms with Crippen LogP contribution in [-0.2, 0) is 29.2 Å². The number of esters is 1. The first-order valence-electron chi connectivity index (χ1n) is 16.9. The van der Waals surface area contributed by atoms with E-state index in [1.165, 1.54) is 13.2 Å². The van der Waals surface area contributed by atoms with Crippen molar-refractivity contribution in [2.75, 3.05) is 27.2 Å². The minimum absolute atomic E-state index is 0.0173. The molecule has 0 spiro atoms. The van der Waals surface area contributed by atoms with Gasteiger partial charge in [-0.15, -0.1) is 0 Å². The van der Waals surface area contributed by atoms with Crippen LogP contribution in [0.15, 0.2) is 54.6 Å². The number of likely N-dealkylation sites (tertiary alicyclic amines) is 1. The third-order valence-electron chi connectivity index (χ3n) is 9.58. The maximum atomic E-state index is 14.4. The number of carbonyl (C=O) groups is 2. The first-order chi connectivity index (χ1) is 23.9. The molecule has 2 aromatic carbocycles. The van der Waals surface area contributed by atoms with Crippen LogP contribution in [0.5, 0.6) is 5.88 Å². The molecule has 50 heavy (non-hydrogen) atoms. The van der Waals surface area contributed by atoms with Crippen LogP contribution >= 0.6 is 0 Å². The lowest BCUT2D eigenvalue weighted by Crippen LogP contribution is -2.45. The molecule has 4 aromatic rings. The summed E-state index contributed by atoms with van der Waals surface area (Å²) in [4.78, 5) is 39.4. The van der Waals surface area contributed by atoms with Crippen molar-refractivity contribution < 1.29 is 28.2 Å². The summed E-state index contributed by atoms with van der Waals surface area (Å²) >= 11 is 0. The number of imidazole rings is 1. The lowest BCUT2D eigenvalue weighted by Gasteiger charge is -2.33. The summed E-state index contributed by atoms with van der Waals surface area (Å²) in [5.41, 5.74) is 2.59. The Bertz CT molecular complexity index is 1930. The van der Waals surface area contributed by atoms with Gasteiger partial charge in [0.25, 0.3) is 0 Å². The molecule has 0 radical (unpaired) electrons. The number of halogens is 1. The van der Waals surface area contributed by atoms with E-state index in [1.54, 1.807) is 36.2 Å². The molecular weight excluding hydrogens is 639 g/mol. The zero-order valence-corrected chi connectivity index (χ0v) is 29.2. The second-order valence-corrected chi connectivity index (χ2v) is 14.2. The molecule has 3 heterocycles. The fraction of sp³-hybridized carbons (Fsp3) is 0.447. The number of likely N-dealkylation sites (N-methyl/N-ethyl adjacent to an activating group) is 1. The van der Waals surface area contributed by atoms with E-state index in [0.29, 0.717) is 30.1 Å². The van der Waals surface area contributed by atoms with Crippen molar-refractivity contribution in [3.63, 3.8) is 0 Å². The lowest BCUT2D eigenvalue weighted by molar-refractivity contribution is 0.0176. The van der Waals surface area contributed by atoms with E-state index in [2.05, 4.69) is 9.47 Å². The Morgan fingerprint density at radius 1 is 1.08 bits per heavy atom. The van der Waals surface area contributed by atoms with Crippen molar-refractivity contribution in [2.45, 2.75) is 83.2 Å². The van der Waals surface area contributed by atoms with E-state index in [-0.39, 0.29) is 24.2 Å². The molecule has 6 rings (SSSR count). The first kappa shape index (κ1) is 34.8. The number of ether oxygens (including phenoxy) is 3. The number of fused-ring (bicyclic) bond motifs is 1. The van der Waals surface area contributed by atoms with Gasteiger partial charge in [0.05, 0.1) is 47.4 Å². The third kappa shape index (κ3) is 7.73. The Morgan fingerprint density at radius 2 is 1.84 bits per heavy atom. The predicted molar refractivity (Wildman–Crippen MR) is 184 cm³/mol. The van der Waals surface area contributed by atoms with Gasteiger partial charge in [-0.3, -0.25) is 4.90 Å². The molecule has 0 N–H and O–H groups in total. The van der Waals surface area contributed by atoms with Crippen molar-refractivity contribution in [1.82, 2.24) is 24.3 Å². The number of hydrogen-bond acceptors (Lipinski definition) is 9. The van der Waals surface area contributed by atoms with Gasteiger partial charge < -0.3 is 23.7 Å². The number of nitrogens with zero attached hydrogens (tertiary/aromatic N) is 6. The van der Waals surface area contributed by atoms with Crippen molar-refractivity contribution in [2.24, 2.45) is 0 Å². The molecule has 2 aromatic heterocycles. The number of pyridine rings is 1. The average molecular weight is 683 g/mol. The highest BCUT2D eigenvalue weighted by molar-refractivity contribution is 5.93. The fourth-order valence-corrected chi connectivity index (χ4v) is 6.49. The van der Waals surface area contributed by atoms with Crippen LogP contribution in [0.1, 0.15) is 85.4 Å². The molecule has 2 fully saturated rings. The summed E-state index contributed by atoms with van der Waals surface area (Å²) < 4.78 is 33.0. The van der Waals surface area contributed by atoms with Crippen molar-refractivity contribution in [3.8, 4) is 11.9 Å². The molecule has 262 valence electrons. The van der Waals surface area contributed by atoms with Gasteiger partial charge in [-0.2, -0.15) is 5.26 Å². The van der Waals surface area contributed by atoms with Gasteiger partial charge in [-0.25, -0.2) is 23.9 Å². The minimum Gasteiger partial charge on any atom is -0.473 e. The van der Waals surface area contributed by atoms with E-state index in [1.807, 2.05) is 51.1 Å². The second-order valence-electron chi connectivity index (χ2n) is 14.2. The number of piperidine rings is 1. The van der Waals surface area contributed by atoms with Gasteiger partial charge >= 0.3 is 12.1 Å². The lowest BCUT2D eigenvalue weighted by atomic mass is 9.93. The van der Waals surface area contributed by atoms with Gasteiger partial charge in [-0.1, -0.05) is 12.1 Å². The second kappa shape index (κ2) is 14.1.